The molecule has 15 heteroatoms. The van der Waals surface area contributed by atoms with Crippen molar-refractivity contribution in [2.75, 3.05) is 14.2 Å². The van der Waals surface area contributed by atoms with Crippen LogP contribution in [0.4, 0.5) is 9.59 Å². The summed E-state index contributed by atoms with van der Waals surface area (Å²) >= 11 is 6.76. The van der Waals surface area contributed by atoms with Gasteiger partial charge in [-0.3, -0.25) is 14.5 Å². The van der Waals surface area contributed by atoms with Gasteiger partial charge in [0.15, 0.2) is 0 Å². The van der Waals surface area contributed by atoms with E-state index in [9.17, 15) is 24.3 Å². The lowest BCUT2D eigenvalue weighted by Gasteiger charge is -2.36. The minimum atomic E-state index is -1.15. The van der Waals surface area contributed by atoms with E-state index in [4.69, 9.17) is 26.3 Å². The van der Waals surface area contributed by atoms with E-state index >= 15 is 0 Å². The first-order valence-electron chi connectivity index (χ1n) is 21.0. The molecule has 61 heavy (non-hydrogen) atoms. The van der Waals surface area contributed by atoms with Gasteiger partial charge in [-0.1, -0.05) is 87.8 Å². The number of fused-ring (bicyclic) bond motifs is 1. The van der Waals surface area contributed by atoms with Crippen LogP contribution in [0.15, 0.2) is 66.9 Å². The number of carbonyl (C=O) groups excluding carboxylic acids is 3. The standard InChI is InChI=1S/C46H55ClN8O6/c1-24(2)37(51-45(58)61-8)43(56)54-26(5)9-19-35(54)41-48-23-34(49-41)33-18-17-31-21-30(15-16-32(31)22-33)28-11-13-29(14-12-28)38-40(47)52-42(50-38)36-20-10-27(6)55(36)44(57)39(25(3)4)53(7)46(59)60/h11-18,21-27,35-37,39H,9-10,19-20H2,1-8H3,(H,48,49)(H,50,52)(H,51,58)(H,59,60)/t26-,27-,35-,36-,37-,39-/m0/s1. The van der Waals surface area contributed by atoms with Crippen LogP contribution in [0.3, 0.4) is 0 Å². The van der Waals surface area contributed by atoms with Crippen molar-refractivity contribution in [3.05, 3.63) is 83.7 Å². The molecule has 0 unspecified atom stereocenters. The Bertz CT molecular complexity index is 2430. The Morgan fingerprint density at radius 3 is 1.93 bits per heavy atom. The highest BCUT2D eigenvalue weighted by Gasteiger charge is 2.44. The molecule has 2 fully saturated rings. The number of carboxylic acid groups (broad SMARTS) is 1. The molecule has 0 spiro atoms. The van der Waals surface area contributed by atoms with Crippen LogP contribution in [0, 0.1) is 11.8 Å². The van der Waals surface area contributed by atoms with Gasteiger partial charge in [0, 0.05) is 30.3 Å². The number of aromatic nitrogens is 4. The molecule has 2 aliphatic heterocycles. The van der Waals surface area contributed by atoms with Gasteiger partial charge in [-0.05, 0) is 85.4 Å². The molecule has 7 rings (SSSR count). The first-order valence-corrected chi connectivity index (χ1v) is 21.4. The Kier molecular flexibility index (Phi) is 12.5. The average molecular weight is 851 g/mol. The number of likely N-dealkylation sites (N-methyl/N-ethyl adjacent to an activating group) is 1. The fraction of sp³-hybridized carbons (Fsp3) is 0.435. The lowest BCUT2D eigenvalue weighted by Crippen LogP contribution is -2.53. The zero-order valence-electron chi connectivity index (χ0n) is 35.9. The SMILES string of the molecule is COC(=O)N[C@H](C(=O)N1[C@@H](C)CC[C@H]1c1ncc(-c2ccc3cc(-c4ccc(-c5nc([C@@H]6CC[C@H](C)N6C(=O)[C@H](C(C)C)N(C)C(=O)O)[nH]c5Cl)cc4)ccc3c2)[nH]1)C(C)C. The predicted octanol–water partition coefficient (Wildman–Crippen LogP) is 9.06. The van der Waals surface area contributed by atoms with Crippen LogP contribution in [0.25, 0.3) is 44.4 Å². The quantitative estimate of drug-likeness (QED) is 0.102. The molecule has 322 valence electrons. The molecule has 2 aromatic heterocycles. The molecule has 14 nitrogen and oxygen atoms in total. The molecule has 4 heterocycles. The molecular weight excluding hydrogens is 796 g/mol. The van der Waals surface area contributed by atoms with Crippen molar-refractivity contribution in [1.82, 2.24) is 40.0 Å². The third-order valence-electron chi connectivity index (χ3n) is 12.4. The van der Waals surface area contributed by atoms with Gasteiger partial charge >= 0.3 is 12.2 Å². The van der Waals surface area contributed by atoms with Crippen LogP contribution in [0.1, 0.15) is 91.0 Å². The van der Waals surface area contributed by atoms with Crippen LogP contribution < -0.4 is 5.32 Å². The van der Waals surface area contributed by atoms with Crippen molar-refractivity contribution in [3.8, 4) is 33.6 Å². The molecule has 2 aliphatic rings. The van der Waals surface area contributed by atoms with E-state index in [1.165, 1.54) is 14.2 Å². The summed E-state index contributed by atoms with van der Waals surface area (Å²) in [6.45, 7) is 11.5. The number of rotatable bonds is 11. The number of ether oxygens (including phenoxy) is 1. The average Bonchev–Trinajstić information content (AvgIpc) is 4.05. The topological polar surface area (TPSA) is 177 Å². The number of halogens is 1. The lowest BCUT2D eigenvalue weighted by molar-refractivity contribution is -0.140. The molecule has 0 saturated carbocycles. The minimum Gasteiger partial charge on any atom is -0.465 e. The van der Waals surface area contributed by atoms with Gasteiger partial charge in [-0.2, -0.15) is 0 Å². The van der Waals surface area contributed by atoms with E-state index < -0.39 is 24.3 Å². The van der Waals surface area contributed by atoms with Gasteiger partial charge in [0.2, 0.25) is 11.8 Å². The van der Waals surface area contributed by atoms with Crippen LogP contribution in [-0.2, 0) is 14.3 Å². The van der Waals surface area contributed by atoms with Gasteiger partial charge < -0.3 is 34.9 Å². The maximum absolute atomic E-state index is 13.9. The van der Waals surface area contributed by atoms with Crippen molar-refractivity contribution >= 4 is 46.4 Å². The van der Waals surface area contributed by atoms with Crippen molar-refractivity contribution in [3.63, 3.8) is 0 Å². The fourth-order valence-corrected chi connectivity index (χ4v) is 9.31. The molecule has 5 aromatic rings. The number of hydrogen-bond donors (Lipinski definition) is 4. The highest BCUT2D eigenvalue weighted by Crippen LogP contribution is 2.40. The van der Waals surface area contributed by atoms with Crippen molar-refractivity contribution in [2.24, 2.45) is 11.8 Å². The third-order valence-corrected chi connectivity index (χ3v) is 12.7. The Labute approximate surface area is 361 Å². The van der Waals surface area contributed by atoms with Crippen LogP contribution in [-0.4, -0.2) is 102 Å². The predicted molar refractivity (Wildman–Crippen MR) is 235 cm³/mol. The van der Waals surface area contributed by atoms with E-state index in [1.54, 1.807) is 4.90 Å². The molecule has 6 atom stereocenters. The number of imidazole rings is 2. The number of nitrogens with zero attached hydrogens (tertiary/aromatic N) is 5. The molecular formula is C46H55ClN8O6. The summed E-state index contributed by atoms with van der Waals surface area (Å²) in [5.41, 5.74) is 5.31. The Morgan fingerprint density at radius 1 is 0.787 bits per heavy atom. The van der Waals surface area contributed by atoms with Crippen LogP contribution >= 0.6 is 11.6 Å². The molecule has 4 N–H and O–H groups in total. The second-order valence-corrected chi connectivity index (χ2v) is 17.5. The summed E-state index contributed by atoms with van der Waals surface area (Å²) in [6.07, 6.45) is 3.06. The monoisotopic (exact) mass is 850 g/mol. The largest absolute Gasteiger partial charge is 0.465 e. The minimum absolute atomic E-state index is 0.0101. The maximum Gasteiger partial charge on any atom is 0.407 e. The van der Waals surface area contributed by atoms with Gasteiger partial charge in [0.25, 0.3) is 0 Å². The fourth-order valence-electron chi connectivity index (χ4n) is 9.06. The second kappa shape index (κ2) is 17.6. The van der Waals surface area contributed by atoms with Gasteiger partial charge in [0.05, 0.1) is 31.1 Å². The highest BCUT2D eigenvalue weighted by atomic mass is 35.5. The van der Waals surface area contributed by atoms with E-state index in [1.807, 2.05) is 76.9 Å². The number of alkyl carbamates (subject to hydrolysis) is 1. The zero-order valence-corrected chi connectivity index (χ0v) is 36.7. The number of methoxy groups -OCH3 is 1. The summed E-state index contributed by atoms with van der Waals surface area (Å²) < 4.78 is 4.79. The van der Waals surface area contributed by atoms with Crippen molar-refractivity contribution in [1.29, 1.82) is 0 Å². The molecule has 3 aromatic carbocycles. The summed E-state index contributed by atoms with van der Waals surface area (Å²) in [5.74, 6) is 0.569. The van der Waals surface area contributed by atoms with Crippen LogP contribution in [0.5, 0.6) is 0 Å². The van der Waals surface area contributed by atoms with E-state index in [2.05, 4.69) is 51.7 Å². The first-order chi connectivity index (χ1) is 29.1. The molecule has 0 aliphatic carbocycles. The maximum atomic E-state index is 13.9. The van der Waals surface area contributed by atoms with Gasteiger partial charge in [-0.15, -0.1) is 0 Å². The molecule has 2 saturated heterocycles. The smallest absolute Gasteiger partial charge is 0.407 e. The lowest BCUT2D eigenvalue weighted by atomic mass is 9.98. The highest BCUT2D eigenvalue weighted by molar-refractivity contribution is 6.32. The number of H-pyrrole nitrogens is 2. The summed E-state index contributed by atoms with van der Waals surface area (Å²) in [6, 6.07) is 18.4. The third kappa shape index (κ3) is 8.55. The van der Waals surface area contributed by atoms with Gasteiger partial charge in [-0.25, -0.2) is 19.6 Å². The summed E-state index contributed by atoms with van der Waals surface area (Å²) in [4.78, 5) is 72.7. The Balaban J connectivity index is 1.06. The van der Waals surface area contributed by atoms with Crippen molar-refractivity contribution < 1.29 is 29.0 Å². The number of amides is 4. The van der Waals surface area contributed by atoms with Crippen LogP contribution in [0.2, 0.25) is 5.15 Å². The summed E-state index contributed by atoms with van der Waals surface area (Å²) in [5, 5.41) is 14.9. The number of nitrogens with one attached hydrogen (secondary N) is 3. The van der Waals surface area contributed by atoms with E-state index in [-0.39, 0.29) is 47.8 Å². The molecule has 0 bridgehead atoms. The summed E-state index contributed by atoms with van der Waals surface area (Å²) in [7, 11) is 2.73. The number of benzene rings is 3. The first kappa shape index (κ1) is 43.2. The Morgan fingerprint density at radius 2 is 1.34 bits per heavy atom. The molecule has 0 radical (unpaired) electrons. The molecule has 4 amide bonds. The van der Waals surface area contributed by atoms with E-state index in [0.717, 1.165) is 62.9 Å². The number of likely N-dealkylation sites (tertiary alicyclic amines) is 2. The van der Waals surface area contributed by atoms with Crippen molar-refractivity contribution in [2.45, 2.75) is 103 Å². The Hall–Kier alpha value is -5.89. The number of carbonyl (C=O) groups is 4. The number of aromatic amines is 2. The zero-order chi connectivity index (χ0) is 43.9. The van der Waals surface area contributed by atoms with Gasteiger partial charge in [0.1, 0.15) is 34.6 Å². The second-order valence-electron chi connectivity index (χ2n) is 17.1. The van der Waals surface area contributed by atoms with E-state index in [0.29, 0.717) is 28.9 Å². The number of hydrogen-bond acceptors (Lipinski definition) is 7. The normalized spacial score (nSPS) is 20.0.